The Morgan fingerprint density at radius 3 is 0.852 bits per heavy atom. The van der Waals surface area contributed by atoms with E-state index in [1.54, 1.807) is 76.6 Å². The first-order valence-corrected chi connectivity index (χ1v) is 58.3. The summed E-state index contributed by atoms with van der Waals surface area (Å²) in [5, 5.41) is 20.6. The molecule has 0 saturated heterocycles. The van der Waals surface area contributed by atoms with Gasteiger partial charge in [-0.2, -0.15) is 0 Å². The van der Waals surface area contributed by atoms with Crippen LogP contribution in [0.15, 0.2) is 83.2 Å². The Bertz CT molecular complexity index is 5030. The van der Waals surface area contributed by atoms with E-state index in [2.05, 4.69) is 117 Å². The first-order chi connectivity index (χ1) is 71.1. The lowest BCUT2D eigenvalue weighted by Crippen LogP contribution is -2.37. The number of carboxylic acids is 1. The molecule has 149 heavy (non-hydrogen) atoms. The number of ether oxygens (including phenoxy) is 5. The van der Waals surface area contributed by atoms with Crippen molar-refractivity contribution in [3.05, 3.63) is 107 Å². The number of amidine groups is 5. The van der Waals surface area contributed by atoms with E-state index in [-0.39, 0.29) is 36.3 Å². The summed E-state index contributed by atoms with van der Waals surface area (Å²) in [5.41, 5.74) is 46.7. The number of carbonyl (C=O) groups is 8. The number of nitrogens with one attached hydrogen (secondary N) is 4. The molecule has 5 aromatic rings. The van der Waals surface area contributed by atoms with Crippen molar-refractivity contribution in [2.24, 2.45) is 65.1 Å². The van der Waals surface area contributed by atoms with E-state index in [1.807, 2.05) is 109 Å². The van der Waals surface area contributed by atoms with E-state index in [1.165, 1.54) is 108 Å². The highest BCUT2D eigenvalue weighted by atomic mass is 35.5. The number of alkyl carbamates (subject to hydrolysis) is 3. The van der Waals surface area contributed by atoms with Crippen molar-refractivity contribution in [3.8, 4) is 0 Å². The SMILES string of the molecule is CCCCCCc1cc2c(s1)C=C(C(=O)N(CCC)CCCNC(=O)OC(C)(C)C)CC(N)=N2.CCCCCCc1cc2c(s1)C=C(C(=O)O)CC(N)=N2.CCCCCCc1cc2c(s1)C=C(C(=O)OCC)CC(N)=N2.CCCN(CCCNC(=O)OC(C)(C)C)C(=O)C1=Cc2sc(CCCCCN)cc2N=C(N)C1.CCCNCCCNC(=O)OC(C)(C)C.CCOC(=O)C1=Cc2sc(CCCCCN)cc2N=C(N)C1.CCl. The van der Waals surface area contributed by atoms with Crippen LogP contribution >= 0.6 is 68.3 Å². The molecule has 10 heterocycles. The first-order valence-electron chi connectivity index (χ1n) is 53.4. The second-order valence-corrected chi connectivity index (χ2v) is 45.5. The Morgan fingerprint density at radius 2 is 0.597 bits per heavy atom. The molecule has 38 heteroatoms. The number of nitrogens with two attached hydrogens (primary N) is 7. The van der Waals surface area contributed by atoms with Crippen molar-refractivity contribution >= 4 is 204 Å². The lowest BCUT2D eigenvalue weighted by atomic mass is 10.1. The molecule has 19 N–H and O–H groups in total. The van der Waals surface area contributed by atoms with Crippen molar-refractivity contribution in [2.75, 3.05) is 91.6 Å². The number of esters is 2. The second-order valence-electron chi connectivity index (χ2n) is 39.6. The van der Waals surface area contributed by atoms with Gasteiger partial charge in [0.1, 0.15) is 46.0 Å². The smallest absolute Gasteiger partial charge is 0.407 e. The molecule has 5 amide bonds. The molecule has 0 radical (unpaired) electrons. The van der Waals surface area contributed by atoms with Crippen LogP contribution in [-0.4, -0.2) is 200 Å². The van der Waals surface area contributed by atoms with Crippen molar-refractivity contribution in [1.82, 2.24) is 31.1 Å². The van der Waals surface area contributed by atoms with Crippen molar-refractivity contribution in [1.29, 1.82) is 0 Å². The zero-order chi connectivity index (χ0) is 110. The van der Waals surface area contributed by atoms with Crippen molar-refractivity contribution < 1.29 is 67.1 Å². The molecule has 0 unspecified atom stereocenters. The van der Waals surface area contributed by atoms with Crippen molar-refractivity contribution in [3.63, 3.8) is 0 Å². The number of nitrogens with zero attached hydrogens (tertiary/aromatic N) is 7. The molecule has 832 valence electrons. The number of unbranched alkanes of at least 4 members (excludes halogenated alkanes) is 13. The van der Waals surface area contributed by atoms with Gasteiger partial charge < -0.3 is 100.0 Å². The summed E-state index contributed by atoms with van der Waals surface area (Å²) in [6, 6.07) is 10.4. The first kappa shape index (κ1) is 131. The highest BCUT2D eigenvalue weighted by Crippen LogP contribution is 2.42. The van der Waals surface area contributed by atoms with E-state index >= 15 is 0 Å². The summed E-state index contributed by atoms with van der Waals surface area (Å²) in [6.45, 7) is 41.1. The average molecular weight is 2180 g/mol. The molecule has 0 bridgehead atoms. The molecule has 0 aromatic carbocycles. The maximum absolute atomic E-state index is 13.4. The zero-order valence-electron chi connectivity index (χ0n) is 92.4. The number of halogens is 1. The fraction of sp³-hybridized carbons (Fsp3) is 0.613. The Morgan fingerprint density at radius 1 is 0.336 bits per heavy atom. The minimum atomic E-state index is -0.922. The van der Waals surface area contributed by atoms with Crippen molar-refractivity contribution in [2.45, 2.75) is 353 Å². The number of carbonyl (C=O) groups excluding carboxylic acids is 7. The molecule has 0 spiro atoms. The number of hydrogen-bond donors (Lipinski definition) is 12. The summed E-state index contributed by atoms with van der Waals surface area (Å²) >= 11 is 13.0. The topological polar surface area (TPSA) is 501 Å². The number of aliphatic imine (C=N–C) groups is 5. The maximum atomic E-state index is 13.4. The van der Waals surface area contributed by atoms with Gasteiger partial charge in [0.15, 0.2) is 0 Å². The number of alkyl halides is 1. The Kier molecular flexibility index (Phi) is 63.7. The molecule has 0 aliphatic carbocycles. The molecular weight excluding hydrogens is 2010 g/mol. The number of rotatable bonds is 50. The predicted octanol–water partition coefficient (Wildman–Crippen LogP) is 23.6. The third kappa shape index (κ3) is 54.1. The molecule has 5 aromatic heterocycles. The van der Waals surface area contributed by atoms with Crippen LogP contribution in [0.5, 0.6) is 0 Å². The van der Waals surface area contributed by atoms with Gasteiger partial charge in [-0.15, -0.1) is 68.3 Å². The number of amides is 5. The Balaban J connectivity index is 0.000000378. The van der Waals surface area contributed by atoms with Gasteiger partial charge in [0.2, 0.25) is 11.8 Å². The van der Waals surface area contributed by atoms with Crippen LogP contribution in [0, 0.1) is 0 Å². The van der Waals surface area contributed by atoms with E-state index in [0.29, 0.717) is 155 Å². The molecule has 0 fully saturated rings. The van der Waals surface area contributed by atoms with Crippen LogP contribution in [0.1, 0.15) is 353 Å². The van der Waals surface area contributed by atoms with Crippen LogP contribution in [0.4, 0.5) is 42.8 Å². The van der Waals surface area contributed by atoms with Gasteiger partial charge in [-0.3, -0.25) is 9.59 Å². The van der Waals surface area contributed by atoms with E-state index < -0.39 is 35.0 Å². The highest BCUT2D eigenvalue weighted by molar-refractivity contribution is 7.15. The second kappa shape index (κ2) is 72.4. The van der Waals surface area contributed by atoms with Crippen LogP contribution in [0.3, 0.4) is 0 Å². The minimum absolute atomic E-state index is 0.0111. The fourth-order valence-corrected chi connectivity index (χ4v) is 21.0. The Labute approximate surface area is 912 Å². The van der Waals surface area contributed by atoms with Gasteiger partial charge in [-0.25, -0.2) is 53.7 Å². The number of aliphatic carboxylic acids is 1. The summed E-state index contributed by atoms with van der Waals surface area (Å²) in [5.74, 6) is 0.634. The normalized spacial score (nSPS) is 13.3. The predicted molar refractivity (Wildman–Crippen MR) is 624 cm³/mol. The van der Waals surface area contributed by atoms with Gasteiger partial charge >= 0.3 is 36.2 Å². The lowest BCUT2D eigenvalue weighted by molar-refractivity contribution is -0.139. The zero-order valence-corrected chi connectivity index (χ0v) is 97.2. The molecule has 0 saturated carbocycles. The quantitative estimate of drug-likeness (QED) is 0.00744. The molecule has 5 aliphatic heterocycles. The minimum Gasteiger partial charge on any atom is -0.478 e. The van der Waals surface area contributed by atoms with Crippen LogP contribution in [0.2, 0.25) is 0 Å². The Hall–Kier alpha value is -10.1. The lowest BCUT2D eigenvalue weighted by Gasteiger charge is -2.24. The third-order valence-corrected chi connectivity index (χ3v) is 28.0. The number of hydrogen-bond acceptors (Lipinski definition) is 31. The van der Waals surface area contributed by atoms with Crippen LogP contribution in [0.25, 0.3) is 30.4 Å². The molecule has 0 atom stereocenters. The molecule has 10 rings (SSSR count). The number of fused-ring (bicyclic) bond motifs is 5. The van der Waals surface area contributed by atoms with Crippen LogP contribution in [-0.2, 0) is 79.8 Å². The number of carboxylic acid groups (broad SMARTS) is 1. The van der Waals surface area contributed by atoms with Gasteiger partial charge in [-0.1, -0.05) is 112 Å². The van der Waals surface area contributed by atoms with Gasteiger partial charge in [0.05, 0.1) is 66.0 Å². The number of thiophene rings is 5. The fourth-order valence-electron chi connectivity index (χ4n) is 15.5. The average Bonchev–Trinajstić information content (AvgIpc) is 1.58. The van der Waals surface area contributed by atoms with Gasteiger partial charge in [0.25, 0.3) is 0 Å². The summed E-state index contributed by atoms with van der Waals surface area (Å²) < 4.78 is 25.8. The highest BCUT2D eigenvalue weighted by Gasteiger charge is 2.29. The molecule has 32 nitrogen and oxygen atoms in total. The summed E-state index contributed by atoms with van der Waals surface area (Å²) in [7, 11) is 0. The van der Waals surface area contributed by atoms with E-state index in [9.17, 15) is 38.4 Å². The van der Waals surface area contributed by atoms with E-state index in [4.69, 9.17) is 68.9 Å². The molecular formula is C111H177ClN18O14S5. The monoisotopic (exact) mass is 2180 g/mol. The number of aryl methyl sites for hydroxylation is 5. The standard InChI is InChI=1S/C26H42N4O3S.C25H41N5O3S.C17H24N2O2S.C16H23N3O2S.C15H20N2O2S.C11H24N2O2.CH3Cl/c1-6-8-9-10-12-20-18-21-22(34-20)16-19(17-23(27)29-21)24(31)30(14-7-2)15-11-13-28-25(32)33-26(3,4)5;1-5-13-30(14-9-12-28-24(32)33-25(2,3)4)23(31)18-15-21-20(29-22(27)16-18)17-19(34-21)10-7-6-8-11-26;1-3-5-6-7-8-13-11-14-15(22-13)9-12(10-16(18)19-14)17(20)21-4-2;1-2-21-16(20)11-8-14-13(19-15(18)9-11)10-12(22-14)6-4-3-5-7-17;1-2-3-4-5-6-11-9-12-13(20-11)7-10(15(18)19)8-14(16)17-12;1-5-7-12-8-6-9-13-10(14)15-11(2,3)4;1-2/h16,18H,6-15,17H2,1-5H3,(H2,27,29)(H,28,32);15,17H,5-14,16,26H2,1-4H3,(H2,27,29)(H,28,32);9,11H,3-8,10H2,1-2H3,(H2,18,19);8,10H,2-7,9,17H2,1H3,(H2,18,19);7,9H,2-6,8H2,1H3,(H2,16,17)(H,18,19);12H,5-9H2,1-4H3,(H,13,14);1H3. The molecule has 5 aliphatic rings. The van der Waals surface area contributed by atoms with Gasteiger partial charge in [-0.05, 0) is 279 Å². The summed E-state index contributed by atoms with van der Waals surface area (Å²) in [6.07, 6.45) is 42.7. The largest absolute Gasteiger partial charge is 0.478 e. The van der Waals surface area contributed by atoms with E-state index in [0.717, 1.165) is 175 Å². The third-order valence-electron chi connectivity index (χ3n) is 22.4. The maximum Gasteiger partial charge on any atom is 0.407 e. The summed E-state index contributed by atoms with van der Waals surface area (Å²) in [4.78, 5) is 134. The van der Waals surface area contributed by atoms with Crippen LogP contribution < -0.4 is 61.4 Å². The van der Waals surface area contributed by atoms with Gasteiger partial charge in [0, 0.05) is 137 Å².